The van der Waals surface area contributed by atoms with Crippen LogP contribution in [0.3, 0.4) is 0 Å². The number of amides is 1. The topological polar surface area (TPSA) is 32.8 Å². The van der Waals surface area contributed by atoms with Crippen LogP contribution in [0.4, 0.5) is 10.1 Å². The lowest BCUT2D eigenvalue weighted by atomic mass is 10.0. The summed E-state index contributed by atoms with van der Waals surface area (Å²) in [7, 11) is 3.42. The van der Waals surface area contributed by atoms with E-state index in [2.05, 4.69) is 4.90 Å². The van der Waals surface area contributed by atoms with Gasteiger partial charge >= 0.3 is 0 Å². The van der Waals surface area contributed by atoms with E-state index in [1.807, 2.05) is 0 Å². The standard InChI is InChI=1S/C17H24ClFN2O2/c1-12(18)17(22)20(2)11-13-10-14(19)4-5-16(13)21-8-6-15(23-3)7-9-21/h4-5,10,12,15H,6-9,11H2,1-3H3. The maximum atomic E-state index is 13.7. The second-order valence-corrected chi connectivity index (χ2v) is 6.66. The van der Waals surface area contributed by atoms with E-state index in [1.165, 1.54) is 17.0 Å². The number of nitrogens with zero attached hydrogens (tertiary/aromatic N) is 2. The van der Waals surface area contributed by atoms with Crippen LogP contribution in [0, 0.1) is 5.82 Å². The molecule has 1 aliphatic heterocycles. The average Bonchev–Trinajstić information content (AvgIpc) is 2.54. The largest absolute Gasteiger partial charge is 0.381 e. The lowest BCUT2D eigenvalue weighted by Crippen LogP contribution is -2.38. The van der Waals surface area contributed by atoms with Crippen LogP contribution in [-0.2, 0) is 16.1 Å². The summed E-state index contributed by atoms with van der Waals surface area (Å²) in [6.45, 7) is 3.71. The molecule has 0 N–H and O–H groups in total. The van der Waals surface area contributed by atoms with Gasteiger partial charge in [-0.05, 0) is 43.5 Å². The maximum absolute atomic E-state index is 13.7. The minimum absolute atomic E-state index is 0.167. The lowest BCUT2D eigenvalue weighted by molar-refractivity contribution is -0.129. The number of alkyl halides is 1. The molecule has 1 atom stereocenters. The fourth-order valence-electron chi connectivity index (χ4n) is 2.96. The number of carbonyl (C=O) groups excluding carboxylic acids is 1. The number of halogens is 2. The Morgan fingerprint density at radius 2 is 2.13 bits per heavy atom. The molecule has 1 aromatic carbocycles. The molecule has 1 heterocycles. The quantitative estimate of drug-likeness (QED) is 0.771. The Labute approximate surface area is 142 Å². The number of carbonyl (C=O) groups is 1. The van der Waals surface area contributed by atoms with Gasteiger partial charge in [0.05, 0.1) is 6.10 Å². The first-order valence-electron chi connectivity index (χ1n) is 7.87. The van der Waals surface area contributed by atoms with Gasteiger partial charge in [-0.2, -0.15) is 0 Å². The SMILES string of the molecule is COC1CCN(c2ccc(F)cc2CN(C)C(=O)C(C)Cl)CC1. The molecule has 1 fully saturated rings. The van der Waals surface area contributed by atoms with E-state index in [0.29, 0.717) is 6.54 Å². The second kappa shape index (κ2) is 7.97. The Bertz CT molecular complexity index is 545. The highest BCUT2D eigenvalue weighted by Crippen LogP contribution is 2.27. The van der Waals surface area contributed by atoms with Gasteiger partial charge in [-0.15, -0.1) is 11.6 Å². The molecule has 23 heavy (non-hydrogen) atoms. The summed E-state index contributed by atoms with van der Waals surface area (Å²) in [6.07, 6.45) is 2.18. The molecule has 4 nitrogen and oxygen atoms in total. The third kappa shape index (κ3) is 4.58. The molecule has 0 bridgehead atoms. The molecule has 1 amide bonds. The van der Waals surface area contributed by atoms with Crippen LogP contribution in [0.15, 0.2) is 18.2 Å². The van der Waals surface area contributed by atoms with Crippen molar-refractivity contribution in [2.75, 3.05) is 32.1 Å². The van der Waals surface area contributed by atoms with Gasteiger partial charge in [0.15, 0.2) is 0 Å². The van der Waals surface area contributed by atoms with Crippen LogP contribution in [0.5, 0.6) is 0 Å². The van der Waals surface area contributed by atoms with E-state index in [0.717, 1.165) is 37.2 Å². The number of piperidine rings is 1. The van der Waals surface area contributed by atoms with Gasteiger partial charge in [0.25, 0.3) is 0 Å². The van der Waals surface area contributed by atoms with Crippen LogP contribution >= 0.6 is 11.6 Å². The monoisotopic (exact) mass is 342 g/mol. The van der Waals surface area contributed by atoms with Gasteiger partial charge in [-0.3, -0.25) is 4.79 Å². The van der Waals surface area contributed by atoms with Gasteiger partial charge in [-0.25, -0.2) is 4.39 Å². The van der Waals surface area contributed by atoms with Crippen molar-refractivity contribution >= 4 is 23.2 Å². The molecule has 0 saturated carbocycles. The number of benzene rings is 1. The van der Waals surface area contributed by atoms with Crippen LogP contribution in [0.25, 0.3) is 0 Å². The van der Waals surface area contributed by atoms with E-state index < -0.39 is 5.38 Å². The zero-order valence-electron chi connectivity index (χ0n) is 13.9. The minimum atomic E-state index is -0.588. The Morgan fingerprint density at radius 3 is 2.70 bits per heavy atom. The van der Waals surface area contributed by atoms with E-state index in [1.54, 1.807) is 27.1 Å². The predicted molar refractivity (Wildman–Crippen MR) is 90.4 cm³/mol. The summed E-state index contributed by atoms with van der Waals surface area (Å²) in [6, 6.07) is 4.76. The van der Waals surface area contributed by atoms with Gasteiger partial charge < -0.3 is 14.5 Å². The van der Waals surface area contributed by atoms with Crippen molar-refractivity contribution < 1.29 is 13.9 Å². The average molecular weight is 343 g/mol. The maximum Gasteiger partial charge on any atom is 0.240 e. The summed E-state index contributed by atoms with van der Waals surface area (Å²) < 4.78 is 19.1. The Balaban J connectivity index is 2.16. The van der Waals surface area contributed by atoms with E-state index >= 15 is 0 Å². The molecule has 0 aliphatic carbocycles. The molecule has 0 spiro atoms. The first-order chi connectivity index (χ1) is 10.9. The van der Waals surface area contributed by atoms with Crippen molar-refractivity contribution in [3.8, 4) is 0 Å². The molecule has 0 radical (unpaired) electrons. The third-order valence-corrected chi connectivity index (χ3v) is 4.47. The second-order valence-electron chi connectivity index (χ2n) is 6.01. The van der Waals surface area contributed by atoms with Crippen molar-refractivity contribution in [1.29, 1.82) is 0 Å². The number of methoxy groups -OCH3 is 1. The molecule has 2 rings (SSSR count). The molecule has 0 aromatic heterocycles. The van der Waals surface area contributed by atoms with E-state index in [-0.39, 0.29) is 17.8 Å². The molecule has 1 aliphatic rings. The highest BCUT2D eigenvalue weighted by molar-refractivity contribution is 6.30. The summed E-state index contributed by atoms with van der Waals surface area (Å²) in [5, 5.41) is -0.588. The van der Waals surface area contributed by atoms with Crippen LogP contribution in [-0.4, -0.2) is 49.5 Å². The van der Waals surface area contributed by atoms with Crippen molar-refractivity contribution in [2.24, 2.45) is 0 Å². The van der Waals surface area contributed by atoms with Crippen LogP contribution in [0.1, 0.15) is 25.3 Å². The normalized spacial score (nSPS) is 17.2. The molecule has 6 heteroatoms. The number of anilines is 1. The Morgan fingerprint density at radius 1 is 1.48 bits per heavy atom. The van der Waals surface area contributed by atoms with Crippen LogP contribution in [0.2, 0.25) is 0 Å². The minimum Gasteiger partial charge on any atom is -0.381 e. The fraction of sp³-hybridized carbons (Fsp3) is 0.588. The molecule has 1 unspecified atom stereocenters. The number of hydrogen-bond donors (Lipinski definition) is 0. The summed E-state index contributed by atoms with van der Waals surface area (Å²) in [5.41, 5.74) is 1.77. The molecule has 1 aromatic rings. The van der Waals surface area contributed by atoms with E-state index in [4.69, 9.17) is 16.3 Å². The summed E-state index contributed by atoms with van der Waals surface area (Å²) in [5.74, 6) is -0.463. The van der Waals surface area contributed by atoms with Gasteiger partial charge in [0.2, 0.25) is 5.91 Å². The van der Waals surface area contributed by atoms with Gasteiger partial charge in [0, 0.05) is 39.5 Å². The molecule has 128 valence electrons. The summed E-state index contributed by atoms with van der Waals surface area (Å²) in [4.78, 5) is 15.7. The number of hydrogen-bond acceptors (Lipinski definition) is 3. The van der Waals surface area contributed by atoms with Crippen molar-refractivity contribution in [2.45, 2.75) is 37.8 Å². The van der Waals surface area contributed by atoms with E-state index in [9.17, 15) is 9.18 Å². The van der Waals surface area contributed by atoms with Crippen molar-refractivity contribution in [3.63, 3.8) is 0 Å². The van der Waals surface area contributed by atoms with Gasteiger partial charge in [0.1, 0.15) is 11.2 Å². The molecule has 1 saturated heterocycles. The molecular formula is C17H24ClFN2O2. The smallest absolute Gasteiger partial charge is 0.240 e. The Kier molecular flexibility index (Phi) is 6.25. The van der Waals surface area contributed by atoms with Crippen molar-refractivity contribution in [3.05, 3.63) is 29.6 Å². The number of rotatable bonds is 5. The zero-order valence-corrected chi connectivity index (χ0v) is 14.6. The fourth-order valence-corrected chi connectivity index (χ4v) is 3.13. The van der Waals surface area contributed by atoms with Crippen molar-refractivity contribution in [1.82, 2.24) is 4.90 Å². The predicted octanol–water partition coefficient (Wildman–Crippen LogP) is 3.03. The Hall–Kier alpha value is -1.33. The summed E-state index contributed by atoms with van der Waals surface area (Å²) >= 11 is 5.85. The first kappa shape index (κ1) is 18.0. The molecular weight excluding hydrogens is 319 g/mol. The third-order valence-electron chi connectivity index (χ3n) is 4.28. The highest BCUT2D eigenvalue weighted by atomic mass is 35.5. The first-order valence-corrected chi connectivity index (χ1v) is 8.31. The van der Waals surface area contributed by atoms with Crippen LogP contribution < -0.4 is 4.90 Å². The highest BCUT2D eigenvalue weighted by Gasteiger charge is 2.22. The lowest BCUT2D eigenvalue weighted by Gasteiger charge is -2.34. The zero-order chi connectivity index (χ0) is 17.0. The number of ether oxygens (including phenoxy) is 1. The van der Waals surface area contributed by atoms with Gasteiger partial charge in [-0.1, -0.05) is 0 Å².